The lowest BCUT2D eigenvalue weighted by Gasteiger charge is -2.23. The van der Waals surface area contributed by atoms with E-state index in [1.165, 1.54) is 54.7 Å². The van der Waals surface area contributed by atoms with E-state index in [1.54, 1.807) is 18.2 Å². The molecule has 0 bridgehead atoms. The zero-order valence-corrected chi connectivity index (χ0v) is 20.4. The lowest BCUT2D eigenvalue weighted by Crippen LogP contribution is -2.29. The van der Waals surface area contributed by atoms with Crippen molar-refractivity contribution in [3.63, 3.8) is 0 Å². The molecule has 7 nitrogen and oxygen atoms in total. The molecule has 1 saturated heterocycles. The highest BCUT2D eigenvalue weighted by molar-refractivity contribution is 7.22. The number of aliphatic hydroxyl groups excluding tert-OH is 1. The van der Waals surface area contributed by atoms with Crippen LogP contribution in [0.4, 0.5) is 9.52 Å². The number of amides is 1. The second-order valence-electron chi connectivity index (χ2n) is 8.26. The molecule has 1 aromatic heterocycles. The van der Waals surface area contributed by atoms with Gasteiger partial charge in [-0.15, -0.1) is 0 Å². The molecule has 0 saturated carbocycles. The van der Waals surface area contributed by atoms with Gasteiger partial charge in [0.2, 0.25) is 0 Å². The van der Waals surface area contributed by atoms with Gasteiger partial charge >= 0.3 is 5.91 Å². The molecule has 4 aromatic rings. The number of rotatable bonds is 5. The topological polar surface area (TPSA) is 89.0 Å². The summed E-state index contributed by atoms with van der Waals surface area (Å²) in [7, 11) is 2.98. The van der Waals surface area contributed by atoms with Gasteiger partial charge in [0.05, 0.1) is 36.1 Å². The summed E-state index contributed by atoms with van der Waals surface area (Å²) in [5.41, 5.74) is 2.31. The molecule has 182 valence electrons. The van der Waals surface area contributed by atoms with Crippen molar-refractivity contribution < 1.29 is 28.6 Å². The number of carbonyl (C=O) groups excluding carboxylic acids is 2. The lowest BCUT2D eigenvalue weighted by molar-refractivity contribution is -0.132. The normalized spacial score (nSPS) is 17.1. The van der Waals surface area contributed by atoms with Gasteiger partial charge in [-0.2, -0.15) is 0 Å². The number of carbonyl (C=O) groups is 2. The van der Waals surface area contributed by atoms with Gasteiger partial charge in [-0.3, -0.25) is 14.5 Å². The first kappa shape index (κ1) is 23.5. The van der Waals surface area contributed by atoms with Crippen LogP contribution in [0.15, 0.2) is 66.2 Å². The highest BCUT2D eigenvalue weighted by Crippen LogP contribution is 2.45. The summed E-state index contributed by atoms with van der Waals surface area (Å²) >= 11 is 1.27. The fraction of sp³-hybridized carbons (Fsp3) is 0.148. The van der Waals surface area contributed by atoms with Crippen molar-refractivity contribution in [2.24, 2.45) is 0 Å². The number of fused-ring (bicyclic) bond motifs is 1. The number of Topliss-reactive ketones (excluding diaryl/α,β-unsaturated/α-hetero) is 1. The maximum absolute atomic E-state index is 13.5. The SMILES string of the molecule is COc1ccc([C@@H]2C(=C(O)c3ccc(F)cc3)C(=O)C(=O)N2c2nc3ccc(C)cc3s2)cc1OC. The average Bonchev–Trinajstić information content (AvgIpc) is 3.41. The molecule has 36 heavy (non-hydrogen) atoms. The van der Waals surface area contributed by atoms with Crippen LogP contribution in [0.2, 0.25) is 0 Å². The second kappa shape index (κ2) is 9.09. The first-order valence-corrected chi connectivity index (χ1v) is 11.8. The third-order valence-corrected chi connectivity index (χ3v) is 7.04. The number of halogens is 1. The Balaban J connectivity index is 1.75. The van der Waals surface area contributed by atoms with E-state index in [2.05, 4.69) is 4.98 Å². The predicted molar refractivity (Wildman–Crippen MR) is 135 cm³/mol. The molecule has 2 heterocycles. The monoisotopic (exact) mass is 504 g/mol. The Morgan fingerprint density at radius 3 is 2.42 bits per heavy atom. The summed E-state index contributed by atoms with van der Waals surface area (Å²) in [6, 6.07) is 14.8. The summed E-state index contributed by atoms with van der Waals surface area (Å²) in [4.78, 5) is 32.6. The van der Waals surface area contributed by atoms with E-state index in [0.29, 0.717) is 27.7 Å². The largest absolute Gasteiger partial charge is 0.507 e. The van der Waals surface area contributed by atoms with Crippen LogP contribution in [0.5, 0.6) is 11.5 Å². The summed E-state index contributed by atoms with van der Waals surface area (Å²) in [6.45, 7) is 1.96. The van der Waals surface area contributed by atoms with Crippen molar-refractivity contribution in [1.82, 2.24) is 4.98 Å². The molecule has 1 fully saturated rings. The van der Waals surface area contributed by atoms with Crippen LogP contribution in [0.1, 0.15) is 22.7 Å². The minimum absolute atomic E-state index is 0.130. The van der Waals surface area contributed by atoms with Crippen molar-refractivity contribution in [2.45, 2.75) is 13.0 Å². The molecule has 1 atom stereocenters. The Morgan fingerprint density at radius 2 is 1.72 bits per heavy atom. The number of nitrogens with zero attached hydrogens (tertiary/aromatic N) is 2. The zero-order chi connectivity index (χ0) is 25.6. The number of aromatic nitrogens is 1. The van der Waals surface area contributed by atoms with E-state index in [1.807, 2.05) is 25.1 Å². The minimum atomic E-state index is -1.00. The van der Waals surface area contributed by atoms with Crippen LogP contribution >= 0.6 is 11.3 Å². The molecule has 9 heteroatoms. The van der Waals surface area contributed by atoms with Crippen LogP contribution in [0.25, 0.3) is 16.0 Å². The van der Waals surface area contributed by atoms with Gasteiger partial charge in [-0.25, -0.2) is 9.37 Å². The van der Waals surface area contributed by atoms with Crippen LogP contribution < -0.4 is 14.4 Å². The molecular weight excluding hydrogens is 483 g/mol. The van der Waals surface area contributed by atoms with E-state index in [-0.39, 0.29) is 11.1 Å². The van der Waals surface area contributed by atoms with Gasteiger partial charge < -0.3 is 14.6 Å². The van der Waals surface area contributed by atoms with Gasteiger partial charge in [-0.05, 0) is 66.6 Å². The highest BCUT2D eigenvalue weighted by atomic mass is 32.1. The molecule has 1 aliphatic rings. The highest BCUT2D eigenvalue weighted by Gasteiger charge is 2.48. The van der Waals surface area contributed by atoms with Crippen LogP contribution in [0, 0.1) is 12.7 Å². The van der Waals surface area contributed by atoms with Gasteiger partial charge in [0.1, 0.15) is 11.6 Å². The number of aryl methyl sites for hydroxylation is 1. The number of benzene rings is 3. The molecule has 1 N–H and O–H groups in total. The zero-order valence-electron chi connectivity index (χ0n) is 19.6. The van der Waals surface area contributed by atoms with Crippen LogP contribution in [0.3, 0.4) is 0 Å². The Hall–Kier alpha value is -4.24. The first-order chi connectivity index (χ1) is 17.3. The van der Waals surface area contributed by atoms with Gasteiger partial charge in [0.15, 0.2) is 16.6 Å². The molecule has 5 rings (SSSR count). The van der Waals surface area contributed by atoms with Crippen molar-refractivity contribution in [2.75, 3.05) is 19.1 Å². The Morgan fingerprint density at radius 1 is 1.00 bits per heavy atom. The number of hydrogen-bond donors (Lipinski definition) is 1. The van der Waals surface area contributed by atoms with Gasteiger partial charge in [0.25, 0.3) is 5.78 Å². The lowest BCUT2D eigenvalue weighted by atomic mass is 9.95. The molecule has 1 aliphatic heterocycles. The number of methoxy groups -OCH3 is 2. The van der Waals surface area contributed by atoms with E-state index in [9.17, 15) is 19.1 Å². The van der Waals surface area contributed by atoms with E-state index in [0.717, 1.165) is 10.3 Å². The third-order valence-electron chi connectivity index (χ3n) is 6.02. The Bertz CT molecular complexity index is 1540. The maximum atomic E-state index is 13.5. The van der Waals surface area contributed by atoms with E-state index in [4.69, 9.17) is 9.47 Å². The Kier molecular flexibility index (Phi) is 5.93. The molecular formula is C27H21FN2O5S. The summed E-state index contributed by atoms with van der Waals surface area (Å²) in [5, 5.41) is 11.5. The van der Waals surface area contributed by atoms with Gasteiger partial charge in [-0.1, -0.05) is 23.5 Å². The predicted octanol–water partition coefficient (Wildman–Crippen LogP) is 5.39. The first-order valence-electron chi connectivity index (χ1n) is 11.0. The molecule has 0 radical (unpaired) electrons. The van der Waals surface area contributed by atoms with Crippen molar-refractivity contribution in [3.05, 3.63) is 88.7 Å². The van der Waals surface area contributed by atoms with Crippen molar-refractivity contribution in [1.29, 1.82) is 0 Å². The molecule has 0 spiro atoms. The fourth-order valence-corrected chi connectivity index (χ4v) is 5.34. The quantitative estimate of drug-likeness (QED) is 0.223. The number of thiazole rings is 1. The minimum Gasteiger partial charge on any atom is -0.507 e. The summed E-state index contributed by atoms with van der Waals surface area (Å²) in [5.74, 6) is -1.74. The summed E-state index contributed by atoms with van der Waals surface area (Å²) < 4.78 is 25.1. The van der Waals surface area contributed by atoms with Crippen molar-refractivity contribution in [3.8, 4) is 11.5 Å². The number of ether oxygens (including phenoxy) is 2. The summed E-state index contributed by atoms with van der Waals surface area (Å²) in [6.07, 6.45) is 0. The average molecular weight is 505 g/mol. The smallest absolute Gasteiger partial charge is 0.301 e. The number of aliphatic hydroxyl groups is 1. The third kappa shape index (κ3) is 3.87. The molecule has 3 aromatic carbocycles. The van der Waals surface area contributed by atoms with E-state index >= 15 is 0 Å². The van der Waals surface area contributed by atoms with Gasteiger partial charge in [0, 0.05) is 5.56 Å². The second-order valence-corrected chi connectivity index (χ2v) is 9.27. The maximum Gasteiger partial charge on any atom is 0.301 e. The van der Waals surface area contributed by atoms with E-state index < -0.39 is 29.3 Å². The van der Waals surface area contributed by atoms with Crippen LogP contribution in [-0.4, -0.2) is 36.0 Å². The standard InChI is InChI=1S/C27H21FN2O5S/c1-14-4-10-18-21(12-14)36-27(29-18)30-23(16-7-11-19(34-2)20(13-16)35-3)22(25(32)26(30)33)24(31)15-5-8-17(28)9-6-15/h4-13,23,31H,1-3H3/t23-/m1/s1. The number of ketones is 1. The molecule has 1 amide bonds. The number of anilines is 1. The number of hydrogen-bond acceptors (Lipinski definition) is 7. The Labute approximate surface area is 210 Å². The molecule has 0 aliphatic carbocycles. The fourth-order valence-electron chi connectivity index (χ4n) is 4.25. The van der Waals surface area contributed by atoms with Crippen LogP contribution in [-0.2, 0) is 9.59 Å². The van der Waals surface area contributed by atoms with Crippen molar-refractivity contribution >= 4 is 44.1 Å². The molecule has 0 unspecified atom stereocenters.